The molecule has 5 nitrogen and oxygen atoms in total. The number of aryl methyl sites for hydroxylation is 1. The summed E-state index contributed by atoms with van der Waals surface area (Å²) in [6, 6.07) is 12.4. The molecule has 0 radical (unpaired) electrons. The molecule has 0 aliphatic carbocycles. The van der Waals surface area contributed by atoms with Gasteiger partial charge < -0.3 is 10.2 Å². The minimum absolute atomic E-state index is 0. The maximum absolute atomic E-state index is 12.5. The highest BCUT2D eigenvalue weighted by molar-refractivity contribution is 5.85. The number of aromatic nitrogens is 2. The minimum Gasteiger partial charge on any atom is -0.346 e. The number of amides is 1. The maximum Gasteiger partial charge on any atom is 0.222 e. The highest BCUT2D eigenvalue weighted by atomic mass is 35.5. The van der Waals surface area contributed by atoms with Crippen molar-refractivity contribution in [1.82, 2.24) is 20.4 Å². The van der Waals surface area contributed by atoms with Gasteiger partial charge in [0.2, 0.25) is 5.91 Å². The van der Waals surface area contributed by atoms with Crippen molar-refractivity contribution < 1.29 is 4.79 Å². The summed E-state index contributed by atoms with van der Waals surface area (Å²) in [5.41, 5.74) is 3.34. The van der Waals surface area contributed by atoms with E-state index in [0.717, 1.165) is 56.6 Å². The number of unbranched alkanes of at least 4 members (excludes halogenated alkanes) is 2. The summed E-state index contributed by atoms with van der Waals surface area (Å²) < 4.78 is 0. The van der Waals surface area contributed by atoms with Crippen LogP contribution in [-0.2, 0) is 11.2 Å². The molecule has 1 aromatic heterocycles. The van der Waals surface area contributed by atoms with Gasteiger partial charge in [-0.05, 0) is 63.1 Å². The van der Waals surface area contributed by atoms with Crippen molar-refractivity contribution in [3.05, 3.63) is 42.1 Å². The Labute approximate surface area is 187 Å². The zero-order valence-electron chi connectivity index (χ0n) is 18.4. The second kappa shape index (κ2) is 12.8. The van der Waals surface area contributed by atoms with Crippen LogP contribution in [0.2, 0.25) is 0 Å². The topological polar surface area (TPSA) is 61.0 Å². The van der Waals surface area contributed by atoms with E-state index < -0.39 is 0 Å². The molecule has 1 fully saturated rings. The van der Waals surface area contributed by atoms with Gasteiger partial charge in [-0.15, -0.1) is 12.4 Å². The number of aromatic amines is 1. The lowest BCUT2D eigenvalue weighted by Gasteiger charge is -2.29. The van der Waals surface area contributed by atoms with Crippen LogP contribution in [0.3, 0.4) is 0 Å². The molecule has 1 aliphatic heterocycles. The molecule has 166 valence electrons. The Morgan fingerprint density at radius 3 is 2.63 bits per heavy atom. The summed E-state index contributed by atoms with van der Waals surface area (Å²) in [6.07, 6.45) is 7.41. The molecule has 0 bridgehead atoms. The first kappa shape index (κ1) is 24.4. The van der Waals surface area contributed by atoms with Crippen LogP contribution in [0, 0.1) is 11.8 Å². The average Bonchev–Trinajstić information content (AvgIpc) is 3.23. The number of piperidine rings is 1. The third-order valence-electron chi connectivity index (χ3n) is 6.25. The van der Waals surface area contributed by atoms with E-state index in [0.29, 0.717) is 24.2 Å². The van der Waals surface area contributed by atoms with Crippen molar-refractivity contribution >= 4 is 18.3 Å². The van der Waals surface area contributed by atoms with Gasteiger partial charge in [0.15, 0.2) is 0 Å². The Kier molecular flexibility index (Phi) is 10.4. The van der Waals surface area contributed by atoms with Crippen LogP contribution in [0.5, 0.6) is 0 Å². The van der Waals surface area contributed by atoms with Gasteiger partial charge in [-0.1, -0.05) is 43.7 Å². The van der Waals surface area contributed by atoms with Crippen LogP contribution in [0.25, 0.3) is 11.3 Å². The standard InChI is InChI=1S/C24H36N4O.ClH/c1-19(20-12-14-25-15-13-20)17-24(29)28(2)16-8-4-7-11-22-18-23(27-26-22)21-9-5-3-6-10-21;/h3,5-6,9-10,18-20,25H,4,7-8,11-17H2,1-2H3,(H,26,27);1H. The van der Waals surface area contributed by atoms with Crippen LogP contribution in [0.15, 0.2) is 36.4 Å². The number of nitrogens with zero attached hydrogens (tertiary/aromatic N) is 2. The highest BCUT2D eigenvalue weighted by Gasteiger charge is 2.23. The molecule has 2 aromatic rings. The van der Waals surface area contributed by atoms with Gasteiger partial charge in [0.05, 0.1) is 5.69 Å². The smallest absolute Gasteiger partial charge is 0.222 e. The molecule has 2 N–H and O–H groups in total. The van der Waals surface area contributed by atoms with E-state index in [2.05, 4.69) is 40.6 Å². The van der Waals surface area contributed by atoms with E-state index in [4.69, 9.17) is 0 Å². The first-order valence-electron chi connectivity index (χ1n) is 11.2. The first-order chi connectivity index (χ1) is 14.1. The third-order valence-corrected chi connectivity index (χ3v) is 6.25. The number of halogens is 1. The summed E-state index contributed by atoms with van der Waals surface area (Å²) >= 11 is 0. The summed E-state index contributed by atoms with van der Waals surface area (Å²) in [5, 5.41) is 11.0. The summed E-state index contributed by atoms with van der Waals surface area (Å²) in [7, 11) is 1.96. The van der Waals surface area contributed by atoms with Crippen LogP contribution in [-0.4, -0.2) is 47.7 Å². The van der Waals surface area contributed by atoms with Gasteiger partial charge in [0.25, 0.3) is 0 Å². The molecule has 0 spiro atoms. The summed E-state index contributed by atoms with van der Waals surface area (Å²) in [5.74, 6) is 1.49. The Morgan fingerprint density at radius 1 is 1.17 bits per heavy atom. The molecule has 0 saturated carbocycles. The number of hydrogen-bond donors (Lipinski definition) is 2. The van der Waals surface area contributed by atoms with E-state index in [1.807, 2.05) is 30.1 Å². The molecular formula is C24H37ClN4O. The Balaban J connectivity index is 0.00000320. The van der Waals surface area contributed by atoms with Gasteiger partial charge in [-0.3, -0.25) is 9.89 Å². The van der Waals surface area contributed by atoms with Crippen LogP contribution in [0.4, 0.5) is 0 Å². The number of hydrogen-bond acceptors (Lipinski definition) is 3. The predicted octanol–water partition coefficient (Wildman–Crippen LogP) is 4.70. The van der Waals surface area contributed by atoms with E-state index >= 15 is 0 Å². The average molecular weight is 433 g/mol. The zero-order chi connectivity index (χ0) is 20.5. The molecular weight excluding hydrogens is 396 g/mol. The van der Waals surface area contributed by atoms with Crippen LogP contribution >= 0.6 is 12.4 Å². The second-order valence-electron chi connectivity index (χ2n) is 8.54. The SMILES string of the molecule is CC(CC(=O)N(C)CCCCCc1cc(-c2ccccc2)n[nH]1)C1CCNCC1.Cl. The number of benzene rings is 1. The number of rotatable bonds is 10. The van der Waals surface area contributed by atoms with E-state index in [-0.39, 0.29) is 12.4 Å². The van der Waals surface area contributed by atoms with Gasteiger partial charge >= 0.3 is 0 Å². The molecule has 1 amide bonds. The summed E-state index contributed by atoms with van der Waals surface area (Å²) in [6.45, 7) is 5.30. The van der Waals surface area contributed by atoms with Gasteiger partial charge in [0.1, 0.15) is 0 Å². The molecule has 1 aromatic carbocycles. The lowest BCUT2D eigenvalue weighted by atomic mass is 9.84. The van der Waals surface area contributed by atoms with E-state index in [9.17, 15) is 4.79 Å². The van der Waals surface area contributed by atoms with Gasteiger partial charge in [-0.2, -0.15) is 5.10 Å². The van der Waals surface area contributed by atoms with Gasteiger partial charge in [-0.25, -0.2) is 0 Å². The molecule has 1 atom stereocenters. The lowest BCUT2D eigenvalue weighted by molar-refractivity contribution is -0.131. The van der Waals surface area contributed by atoms with Crippen molar-refractivity contribution in [3.8, 4) is 11.3 Å². The van der Waals surface area contributed by atoms with Crippen LogP contribution in [0.1, 0.15) is 51.1 Å². The fraction of sp³-hybridized carbons (Fsp3) is 0.583. The number of carbonyl (C=O) groups is 1. The van der Waals surface area contributed by atoms with E-state index in [1.54, 1.807) is 0 Å². The molecule has 1 saturated heterocycles. The maximum atomic E-state index is 12.5. The third kappa shape index (κ3) is 7.44. The monoisotopic (exact) mass is 432 g/mol. The molecule has 2 heterocycles. The highest BCUT2D eigenvalue weighted by Crippen LogP contribution is 2.25. The lowest BCUT2D eigenvalue weighted by Crippen LogP contribution is -2.34. The largest absolute Gasteiger partial charge is 0.346 e. The Morgan fingerprint density at radius 2 is 1.90 bits per heavy atom. The normalized spacial score (nSPS) is 15.4. The minimum atomic E-state index is 0. The zero-order valence-corrected chi connectivity index (χ0v) is 19.2. The first-order valence-corrected chi connectivity index (χ1v) is 11.2. The van der Waals surface area contributed by atoms with Crippen molar-refractivity contribution in [2.75, 3.05) is 26.7 Å². The van der Waals surface area contributed by atoms with Crippen molar-refractivity contribution in [2.24, 2.45) is 11.8 Å². The number of nitrogens with one attached hydrogen (secondary N) is 2. The fourth-order valence-corrected chi connectivity index (χ4v) is 4.22. The van der Waals surface area contributed by atoms with Crippen molar-refractivity contribution in [1.29, 1.82) is 0 Å². The van der Waals surface area contributed by atoms with Crippen molar-refractivity contribution in [2.45, 2.75) is 51.9 Å². The quantitative estimate of drug-likeness (QED) is 0.535. The Hall–Kier alpha value is -1.85. The van der Waals surface area contributed by atoms with E-state index in [1.165, 1.54) is 18.5 Å². The molecule has 6 heteroatoms. The second-order valence-corrected chi connectivity index (χ2v) is 8.54. The predicted molar refractivity (Wildman–Crippen MR) is 126 cm³/mol. The Bertz CT molecular complexity index is 743. The van der Waals surface area contributed by atoms with Gasteiger partial charge in [0, 0.05) is 31.3 Å². The molecule has 30 heavy (non-hydrogen) atoms. The fourth-order valence-electron chi connectivity index (χ4n) is 4.22. The number of carbonyl (C=O) groups excluding carboxylic acids is 1. The molecule has 1 unspecified atom stereocenters. The van der Waals surface area contributed by atoms with Crippen molar-refractivity contribution in [3.63, 3.8) is 0 Å². The number of H-pyrrole nitrogens is 1. The molecule has 1 aliphatic rings. The van der Waals surface area contributed by atoms with Crippen LogP contribution < -0.4 is 5.32 Å². The summed E-state index contributed by atoms with van der Waals surface area (Å²) in [4.78, 5) is 14.4. The molecule has 3 rings (SSSR count).